The molecule has 0 aromatic carbocycles. The van der Waals surface area contributed by atoms with Gasteiger partial charge in [0.05, 0.1) is 11.7 Å². The van der Waals surface area contributed by atoms with Gasteiger partial charge in [-0.05, 0) is 18.9 Å². The van der Waals surface area contributed by atoms with Crippen LogP contribution in [0, 0.1) is 17.8 Å². The number of carbonyl (C=O) groups excluding carboxylic acids is 1. The number of aromatic nitrogens is 1. The predicted octanol–water partition coefficient (Wildman–Crippen LogP) is 0.970. The number of aliphatic hydroxyl groups excluding tert-OH is 1. The third-order valence-corrected chi connectivity index (χ3v) is 3.59. The highest BCUT2D eigenvalue weighted by atomic mass is 16.5. The van der Waals surface area contributed by atoms with Gasteiger partial charge in [0.2, 0.25) is 0 Å². The number of nitrogens with zero attached hydrogens (tertiary/aromatic N) is 1. The molecule has 2 atom stereocenters. The van der Waals surface area contributed by atoms with Gasteiger partial charge < -0.3 is 15.2 Å². The Morgan fingerprint density at radius 3 is 3.19 bits per heavy atom. The van der Waals surface area contributed by atoms with Gasteiger partial charge in [0, 0.05) is 37.0 Å². The average Bonchev–Trinajstić information content (AvgIpc) is 2.98. The predicted molar refractivity (Wildman–Crippen MR) is 78.7 cm³/mol. The van der Waals surface area contributed by atoms with E-state index >= 15 is 0 Å². The van der Waals surface area contributed by atoms with Crippen molar-refractivity contribution in [2.45, 2.75) is 25.9 Å². The molecule has 5 heteroatoms. The first kappa shape index (κ1) is 15.5. The molecule has 5 nitrogen and oxygen atoms in total. The summed E-state index contributed by atoms with van der Waals surface area (Å²) in [7, 11) is 0. The molecule has 0 aliphatic carbocycles. The lowest BCUT2D eigenvalue weighted by molar-refractivity contribution is 0.0826. The van der Waals surface area contributed by atoms with Gasteiger partial charge >= 0.3 is 0 Å². The molecule has 2 unspecified atom stereocenters. The molecule has 112 valence electrons. The van der Waals surface area contributed by atoms with Crippen LogP contribution in [0.25, 0.3) is 0 Å². The van der Waals surface area contributed by atoms with Crippen LogP contribution in [0.5, 0.6) is 0 Å². The Morgan fingerprint density at radius 2 is 2.43 bits per heavy atom. The second-order valence-corrected chi connectivity index (χ2v) is 5.00. The first-order valence-electron chi connectivity index (χ1n) is 7.19. The van der Waals surface area contributed by atoms with Crippen LogP contribution in [0.4, 0.5) is 0 Å². The lowest BCUT2D eigenvalue weighted by Gasteiger charge is -2.17. The van der Waals surface area contributed by atoms with Crippen LogP contribution >= 0.6 is 0 Å². The van der Waals surface area contributed by atoms with Crippen molar-refractivity contribution in [2.75, 3.05) is 19.8 Å². The first-order valence-corrected chi connectivity index (χ1v) is 7.19. The van der Waals surface area contributed by atoms with E-state index in [1.807, 2.05) is 0 Å². The van der Waals surface area contributed by atoms with E-state index < -0.39 is 0 Å². The lowest BCUT2D eigenvalue weighted by Crippen LogP contribution is -2.32. The summed E-state index contributed by atoms with van der Waals surface area (Å²) in [5.74, 6) is 5.50. The number of rotatable bonds is 4. The summed E-state index contributed by atoms with van der Waals surface area (Å²) in [4.78, 5) is 16.1. The van der Waals surface area contributed by atoms with Crippen LogP contribution < -0.4 is 5.32 Å². The molecule has 1 aliphatic rings. The Balaban J connectivity index is 1.94. The zero-order chi connectivity index (χ0) is 15.1. The molecule has 1 amide bonds. The molecular weight excluding hydrogens is 268 g/mol. The number of hydrogen-bond donors (Lipinski definition) is 2. The number of carbonyl (C=O) groups is 1. The van der Waals surface area contributed by atoms with Crippen LogP contribution in [-0.4, -0.2) is 41.9 Å². The van der Waals surface area contributed by atoms with E-state index in [1.54, 1.807) is 12.3 Å². The fourth-order valence-corrected chi connectivity index (χ4v) is 2.48. The topological polar surface area (TPSA) is 71.5 Å². The molecule has 0 saturated carbocycles. The zero-order valence-electron chi connectivity index (χ0n) is 12.1. The summed E-state index contributed by atoms with van der Waals surface area (Å²) in [5.41, 5.74) is 1.10. The number of amides is 1. The SMILES string of the molecule is CCC1OCCC1CNC(=O)c1cncc(C#CCO)c1. The number of pyridine rings is 1. The quantitative estimate of drug-likeness (QED) is 0.810. The summed E-state index contributed by atoms with van der Waals surface area (Å²) in [6.45, 7) is 3.27. The van der Waals surface area contributed by atoms with Crippen molar-refractivity contribution in [3.63, 3.8) is 0 Å². The maximum absolute atomic E-state index is 12.1. The molecule has 1 aliphatic heterocycles. The maximum atomic E-state index is 12.1. The lowest BCUT2D eigenvalue weighted by atomic mass is 9.99. The molecule has 0 spiro atoms. The molecule has 21 heavy (non-hydrogen) atoms. The van der Waals surface area contributed by atoms with Gasteiger partial charge in [0.15, 0.2) is 0 Å². The molecule has 1 aromatic heterocycles. The van der Waals surface area contributed by atoms with Gasteiger partial charge in [-0.3, -0.25) is 9.78 Å². The van der Waals surface area contributed by atoms with Crippen molar-refractivity contribution in [3.8, 4) is 11.8 Å². The van der Waals surface area contributed by atoms with E-state index in [2.05, 4.69) is 29.1 Å². The fourth-order valence-electron chi connectivity index (χ4n) is 2.48. The molecule has 2 rings (SSSR count). The first-order chi connectivity index (χ1) is 10.2. The molecule has 0 radical (unpaired) electrons. The second-order valence-electron chi connectivity index (χ2n) is 5.00. The minimum Gasteiger partial charge on any atom is -0.384 e. The summed E-state index contributed by atoms with van der Waals surface area (Å²) >= 11 is 0. The van der Waals surface area contributed by atoms with Gasteiger partial charge in [-0.15, -0.1) is 0 Å². The molecule has 1 fully saturated rings. The largest absolute Gasteiger partial charge is 0.384 e. The van der Waals surface area contributed by atoms with Crippen molar-refractivity contribution in [1.29, 1.82) is 0 Å². The summed E-state index contributed by atoms with van der Waals surface area (Å²) in [6, 6.07) is 1.67. The fraction of sp³-hybridized carbons (Fsp3) is 0.500. The van der Waals surface area contributed by atoms with E-state index in [0.717, 1.165) is 19.4 Å². The highest BCUT2D eigenvalue weighted by Crippen LogP contribution is 2.22. The van der Waals surface area contributed by atoms with Crippen LogP contribution in [0.3, 0.4) is 0 Å². The van der Waals surface area contributed by atoms with Crippen LogP contribution in [0.1, 0.15) is 35.7 Å². The monoisotopic (exact) mass is 288 g/mol. The Labute approximate surface area is 124 Å². The Morgan fingerprint density at radius 1 is 1.57 bits per heavy atom. The normalized spacial score (nSPS) is 20.7. The van der Waals surface area contributed by atoms with Crippen LogP contribution in [-0.2, 0) is 4.74 Å². The molecular formula is C16H20N2O3. The molecule has 1 aromatic rings. The average molecular weight is 288 g/mol. The van der Waals surface area contributed by atoms with Crippen LogP contribution in [0.2, 0.25) is 0 Å². The van der Waals surface area contributed by atoms with E-state index in [0.29, 0.717) is 23.6 Å². The summed E-state index contributed by atoms with van der Waals surface area (Å²) < 4.78 is 5.61. The minimum absolute atomic E-state index is 0.156. The van der Waals surface area contributed by atoms with Gasteiger partial charge in [-0.1, -0.05) is 18.8 Å². The smallest absolute Gasteiger partial charge is 0.252 e. The van der Waals surface area contributed by atoms with Gasteiger partial charge in [-0.2, -0.15) is 0 Å². The zero-order valence-corrected chi connectivity index (χ0v) is 12.1. The van der Waals surface area contributed by atoms with Crippen molar-refractivity contribution < 1.29 is 14.6 Å². The summed E-state index contributed by atoms with van der Waals surface area (Å²) in [5, 5.41) is 11.6. The van der Waals surface area contributed by atoms with E-state index in [1.165, 1.54) is 6.20 Å². The minimum atomic E-state index is -0.212. The van der Waals surface area contributed by atoms with Gasteiger partial charge in [-0.25, -0.2) is 0 Å². The number of nitrogens with one attached hydrogen (secondary N) is 1. The Bertz CT molecular complexity index is 548. The summed E-state index contributed by atoms with van der Waals surface area (Å²) in [6.07, 6.45) is 5.28. The number of ether oxygens (including phenoxy) is 1. The highest BCUT2D eigenvalue weighted by molar-refractivity contribution is 5.94. The molecule has 0 bridgehead atoms. The van der Waals surface area contributed by atoms with Crippen molar-refractivity contribution in [1.82, 2.24) is 10.3 Å². The van der Waals surface area contributed by atoms with Crippen molar-refractivity contribution >= 4 is 5.91 Å². The highest BCUT2D eigenvalue weighted by Gasteiger charge is 2.26. The second kappa shape index (κ2) is 7.77. The standard InChI is InChI=1S/C16H20N2O3/c1-2-15-13(5-7-21-15)11-18-16(20)14-8-12(4-3-6-19)9-17-10-14/h8-10,13,15,19H,2,5-7,11H2,1H3,(H,18,20). The Hall–Kier alpha value is -1.90. The third-order valence-electron chi connectivity index (χ3n) is 3.59. The van der Waals surface area contributed by atoms with E-state index in [9.17, 15) is 4.79 Å². The van der Waals surface area contributed by atoms with Gasteiger partial charge in [0.1, 0.15) is 6.61 Å². The molecule has 1 saturated heterocycles. The number of aliphatic hydroxyl groups is 1. The maximum Gasteiger partial charge on any atom is 0.252 e. The van der Waals surface area contributed by atoms with Gasteiger partial charge in [0.25, 0.3) is 5.91 Å². The Kier molecular flexibility index (Phi) is 5.73. The van der Waals surface area contributed by atoms with E-state index in [4.69, 9.17) is 9.84 Å². The third kappa shape index (κ3) is 4.28. The van der Waals surface area contributed by atoms with Crippen molar-refractivity contribution in [3.05, 3.63) is 29.6 Å². The molecule has 2 heterocycles. The van der Waals surface area contributed by atoms with E-state index in [-0.39, 0.29) is 18.6 Å². The number of hydrogen-bond acceptors (Lipinski definition) is 4. The van der Waals surface area contributed by atoms with Crippen molar-refractivity contribution in [2.24, 2.45) is 5.92 Å². The van der Waals surface area contributed by atoms with Crippen LogP contribution in [0.15, 0.2) is 18.5 Å². The molecule has 2 N–H and O–H groups in total.